The highest BCUT2D eigenvalue weighted by Crippen LogP contribution is 2.23. The molecular formula is C24H22O. The van der Waals surface area contributed by atoms with Gasteiger partial charge in [0.2, 0.25) is 0 Å². The van der Waals surface area contributed by atoms with Crippen molar-refractivity contribution in [1.82, 2.24) is 0 Å². The number of benzene rings is 3. The third-order valence-corrected chi connectivity index (χ3v) is 4.21. The van der Waals surface area contributed by atoms with E-state index in [0.717, 1.165) is 16.7 Å². The van der Waals surface area contributed by atoms with E-state index in [1.807, 2.05) is 54.6 Å². The van der Waals surface area contributed by atoms with Crippen LogP contribution in [0.2, 0.25) is 0 Å². The highest BCUT2D eigenvalue weighted by Gasteiger charge is 2.12. The summed E-state index contributed by atoms with van der Waals surface area (Å²) in [6, 6.07) is 24.0. The van der Waals surface area contributed by atoms with E-state index < -0.39 is 0 Å². The Hall–Kier alpha value is -2.93. The van der Waals surface area contributed by atoms with Crippen molar-refractivity contribution in [2.24, 2.45) is 0 Å². The predicted molar refractivity (Wildman–Crippen MR) is 107 cm³/mol. The largest absolute Gasteiger partial charge is 0.289 e. The van der Waals surface area contributed by atoms with Crippen LogP contribution in [0.4, 0.5) is 0 Å². The molecule has 0 radical (unpaired) electrons. The van der Waals surface area contributed by atoms with Gasteiger partial charge in [-0.15, -0.1) is 0 Å². The van der Waals surface area contributed by atoms with Crippen LogP contribution in [-0.4, -0.2) is 5.78 Å². The van der Waals surface area contributed by atoms with E-state index in [4.69, 9.17) is 0 Å². The Morgan fingerprint density at radius 2 is 1.52 bits per heavy atom. The Morgan fingerprint density at radius 3 is 2.28 bits per heavy atom. The van der Waals surface area contributed by atoms with E-state index in [2.05, 4.69) is 44.2 Å². The molecule has 0 atom stereocenters. The fraction of sp³-hybridized carbons (Fsp3) is 0.125. The SMILES string of the molecule is CC(C)=CCC(=Cc1cccc2ccccc12)C(=O)c1ccccc1. The van der Waals surface area contributed by atoms with Gasteiger partial charge in [0.25, 0.3) is 0 Å². The van der Waals surface area contributed by atoms with Crippen molar-refractivity contribution < 1.29 is 4.79 Å². The molecule has 124 valence electrons. The number of rotatable bonds is 5. The van der Waals surface area contributed by atoms with Gasteiger partial charge in [-0.1, -0.05) is 84.4 Å². The molecule has 0 bridgehead atoms. The standard InChI is InChI=1S/C24H22O/c1-18(2)15-16-22(24(25)20-10-4-3-5-11-20)17-21-13-8-12-19-9-6-7-14-23(19)21/h3-15,17H,16H2,1-2H3. The molecule has 0 saturated carbocycles. The topological polar surface area (TPSA) is 17.1 Å². The number of hydrogen-bond donors (Lipinski definition) is 0. The second kappa shape index (κ2) is 7.76. The van der Waals surface area contributed by atoms with Crippen molar-refractivity contribution in [1.29, 1.82) is 0 Å². The molecule has 0 aliphatic rings. The van der Waals surface area contributed by atoms with Crippen LogP contribution < -0.4 is 0 Å². The molecule has 0 spiro atoms. The molecule has 0 fully saturated rings. The normalized spacial score (nSPS) is 11.4. The first-order valence-electron chi connectivity index (χ1n) is 8.56. The second-order valence-corrected chi connectivity index (χ2v) is 6.42. The van der Waals surface area contributed by atoms with Crippen LogP contribution in [0.3, 0.4) is 0 Å². The third kappa shape index (κ3) is 4.13. The van der Waals surface area contributed by atoms with E-state index in [1.54, 1.807) is 0 Å². The minimum atomic E-state index is 0.0889. The lowest BCUT2D eigenvalue weighted by molar-refractivity contribution is 0.103. The van der Waals surface area contributed by atoms with E-state index >= 15 is 0 Å². The van der Waals surface area contributed by atoms with E-state index in [9.17, 15) is 4.79 Å². The molecule has 3 aromatic rings. The maximum Gasteiger partial charge on any atom is 0.189 e. The quantitative estimate of drug-likeness (QED) is 0.298. The van der Waals surface area contributed by atoms with Gasteiger partial charge in [-0.05, 0) is 42.7 Å². The highest BCUT2D eigenvalue weighted by molar-refractivity contribution is 6.12. The Kier molecular flexibility index (Phi) is 5.25. The van der Waals surface area contributed by atoms with Crippen LogP contribution in [0.5, 0.6) is 0 Å². The number of carbonyl (C=O) groups is 1. The summed E-state index contributed by atoms with van der Waals surface area (Å²) in [5, 5.41) is 2.35. The molecule has 1 nitrogen and oxygen atoms in total. The van der Waals surface area contributed by atoms with Gasteiger partial charge < -0.3 is 0 Å². The molecule has 0 aliphatic heterocycles. The monoisotopic (exact) mass is 326 g/mol. The molecule has 0 saturated heterocycles. The van der Waals surface area contributed by atoms with Crippen LogP contribution >= 0.6 is 0 Å². The van der Waals surface area contributed by atoms with Crippen LogP contribution in [0.15, 0.2) is 90.0 Å². The lowest BCUT2D eigenvalue weighted by atomic mass is 9.95. The molecular weight excluding hydrogens is 304 g/mol. The Morgan fingerprint density at radius 1 is 0.840 bits per heavy atom. The van der Waals surface area contributed by atoms with Crippen molar-refractivity contribution >= 4 is 22.6 Å². The molecule has 1 heteroatoms. The summed E-state index contributed by atoms with van der Waals surface area (Å²) < 4.78 is 0. The van der Waals surface area contributed by atoms with Gasteiger partial charge in [-0.3, -0.25) is 4.79 Å². The molecule has 0 heterocycles. The van der Waals surface area contributed by atoms with E-state index in [-0.39, 0.29) is 5.78 Å². The van der Waals surface area contributed by atoms with Crippen LogP contribution in [0.25, 0.3) is 16.8 Å². The summed E-state index contributed by atoms with van der Waals surface area (Å²) in [7, 11) is 0. The summed E-state index contributed by atoms with van der Waals surface area (Å²) in [6.45, 7) is 4.12. The lowest BCUT2D eigenvalue weighted by Gasteiger charge is -2.08. The first-order valence-corrected chi connectivity index (χ1v) is 8.56. The van der Waals surface area contributed by atoms with Gasteiger partial charge >= 0.3 is 0 Å². The zero-order valence-electron chi connectivity index (χ0n) is 14.7. The second-order valence-electron chi connectivity index (χ2n) is 6.42. The van der Waals surface area contributed by atoms with Crippen molar-refractivity contribution in [2.75, 3.05) is 0 Å². The molecule has 0 amide bonds. The molecule has 0 aromatic heterocycles. The summed E-state index contributed by atoms with van der Waals surface area (Å²) >= 11 is 0. The van der Waals surface area contributed by atoms with Crippen molar-refractivity contribution in [2.45, 2.75) is 20.3 Å². The summed E-state index contributed by atoms with van der Waals surface area (Å²) in [6.07, 6.45) is 4.79. The van der Waals surface area contributed by atoms with E-state index in [0.29, 0.717) is 6.42 Å². The van der Waals surface area contributed by atoms with Crippen molar-refractivity contribution in [3.63, 3.8) is 0 Å². The Labute approximate surface area is 149 Å². The lowest BCUT2D eigenvalue weighted by Crippen LogP contribution is -2.03. The minimum Gasteiger partial charge on any atom is -0.289 e. The molecule has 0 unspecified atom stereocenters. The van der Waals surface area contributed by atoms with Gasteiger partial charge in [-0.25, -0.2) is 0 Å². The maximum absolute atomic E-state index is 13.0. The fourth-order valence-corrected chi connectivity index (χ4v) is 2.87. The Bertz CT molecular complexity index is 937. The fourth-order valence-electron chi connectivity index (χ4n) is 2.87. The van der Waals surface area contributed by atoms with Crippen LogP contribution in [-0.2, 0) is 0 Å². The number of ketones is 1. The molecule has 25 heavy (non-hydrogen) atoms. The summed E-state index contributed by atoms with van der Waals surface area (Å²) in [5.74, 6) is 0.0889. The number of carbonyl (C=O) groups excluding carboxylic acids is 1. The van der Waals surface area contributed by atoms with Gasteiger partial charge in [0.1, 0.15) is 0 Å². The zero-order chi connectivity index (χ0) is 17.6. The third-order valence-electron chi connectivity index (χ3n) is 4.21. The molecule has 0 N–H and O–H groups in total. The first-order chi connectivity index (χ1) is 12.1. The van der Waals surface area contributed by atoms with Gasteiger partial charge in [0.05, 0.1) is 0 Å². The average molecular weight is 326 g/mol. The molecule has 3 aromatic carbocycles. The first kappa shape index (κ1) is 16.9. The average Bonchev–Trinajstić information content (AvgIpc) is 2.65. The maximum atomic E-state index is 13.0. The number of allylic oxidation sites excluding steroid dienone is 3. The molecule has 3 rings (SSSR count). The number of hydrogen-bond acceptors (Lipinski definition) is 1. The Balaban J connectivity index is 2.08. The number of Topliss-reactive ketones (excluding diaryl/α,β-unsaturated/α-hetero) is 1. The number of fused-ring (bicyclic) bond motifs is 1. The van der Waals surface area contributed by atoms with Crippen molar-refractivity contribution in [3.8, 4) is 0 Å². The summed E-state index contributed by atoms with van der Waals surface area (Å²) in [4.78, 5) is 13.0. The van der Waals surface area contributed by atoms with Gasteiger partial charge in [-0.2, -0.15) is 0 Å². The minimum absolute atomic E-state index is 0.0889. The van der Waals surface area contributed by atoms with Gasteiger partial charge in [0.15, 0.2) is 5.78 Å². The zero-order valence-corrected chi connectivity index (χ0v) is 14.7. The van der Waals surface area contributed by atoms with E-state index in [1.165, 1.54) is 16.3 Å². The molecule has 0 aliphatic carbocycles. The smallest absolute Gasteiger partial charge is 0.189 e. The van der Waals surface area contributed by atoms with Gasteiger partial charge in [0, 0.05) is 11.1 Å². The predicted octanol–water partition coefficient (Wildman–Crippen LogP) is 6.46. The van der Waals surface area contributed by atoms with Crippen LogP contribution in [0.1, 0.15) is 36.2 Å². The highest BCUT2D eigenvalue weighted by atomic mass is 16.1. The summed E-state index contributed by atoms with van der Waals surface area (Å²) in [5.41, 5.74) is 3.84. The van der Waals surface area contributed by atoms with Crippen molar-refractivity contribution in [3.05, 3.63) is 101 Å². The van der Waals surface area contributed by atoms with Crippen LogP contribution in [0, 0.1) is 0 Å².